The smallest absolute Gasteiger partial charge is 0.227 e. The van der Waals surface area contributed by atoms with E-state index in [9.17, 15) is 4.79 Å². The molecule has 1 amide bonds. The van der Waals surface area contributed by atoms with E-state index in [1.54, 1.807) is 6.20 Å². The molecule has 1 saturated carbocycles. The molecule has 20 heavy (non-hydrogen) atoms. The summed E-state index contributed by atoms with van der Waals surface area (Å²) in [5.74, 6) is 0.277. The molecule has 1 heterocycles. The van der Waals surface area contributed by atoms with E-state index in [-0.39, 0.29) is 11.8 Å². The number of carbonyl (C=O) groups is 1. The van der Waals surface area contributed by atoms with E-state index >= 15 is 0 Å². The van der Waals surface area contributed by atoms with Crippen molar-refractivity contribution in [2.75, 3.05) is 5.32 Å². The molecule has 0 aliphatic heterocycles. The monoisotopic (exact) mass is 304 g/mol. The Kier molecular flexibility index (Phi) is 3.94. The van der Waals surface area contributed by atoms with Gasteiger partial charge in [0.1, 0.15) is 5.03 Å². The second-order valence-electron chi connectivity index (χ2n) is 4.68. The number of carbonyl (C=O) groups excluding carboxylic acids is 1. The fourth-order valence-corrected chi connectivity index (χ4v) is 2.73. The maximum absolute atomic E-state index is 11.9. The first-order valence-electron chi connectivity index (χ1n) is 6.42. The highest BCUT2D eigenvalue weighted by molar-refractivity contribution is 7.99. The van der Waals surface area contributed by atoms with Gasteiger partial charge in [-0.15, -0.1) is 0 Å². The second kappa shape index (κ2) is 5.85. The Morgan fingerprint density at radius 1 is 1.25 bits per heavy atom. The lowest BCUT2D eigenvalue weighted by molar-refractivity contribution is -0.117. The third kappa shape index (κ3) is 3.32. The molecule has 0 unspecified atom stereocenters. The standard InChI is InChI=1S/C15H13ClN2OS/c16-11-5-7-12(8-6-11)20-15-13(2-1-9-17-15)18-14(19)10-3-4-10/h1-2,5-10H,3-4H2,(H,18,19). The number of pyridine rings is 1. The number of benzene rings is 1. The topological polar surface area (TPSA) is 42.0 Å². The quantitative estimate of drug-likeness (QED) is 0.919. The Morgan fingerprint density at radius 2 is 2.00 bits per heavy atom. The number of anilines is 1. The zero-order chi connectivity index (χ0) is 13.9. The second-order valence-corrected chi connectivity index (χ2v) is 6.17. The first-order chi connectivity index (χ1) is 9.72. The van der Waals surface area contributed by atoms with Crippen molar-refractivity contribution in [2.24, 2.45) is 5.92 Å². The van der Waals surface area contributed by atoms with E-state index < -0.39 is 0 Å². The number of rotatable bonds is 4. The van der Waals surface area contributed by atoms with Gasteiger partial charge in [0.25, 0.3) is 0 Å². The average molecular weight is 305 g/mol. The van der Waals surface area contributed by atoms with Gasteiger partial charge in [0.2, 0.25) is 5.91 Å². The van der Waals surface area contributed by atoms with E-state index in [4.69, 9.17) is 11.6 Å². The first-order valence-corrected chi connectivity index (χ1v) is 7.61. The van der Waals surface area contributed by atoms with E-state index in [1.165, 1.54) is 11.8 Å². The summed E-state index contributed by atoms with van der Waals surface area (Å²) in [6.07, 6.45) is 3.71. The molecule has 1 fully saturated rings. The Morgan fingerprint density at radius 3 is 2.70 bits per heavy atom. The van der Waals surface area contributed by atoms with E-state index in [1.807, 2.05) is 36.4 Å². The Hall–Kier alpha value is -1.52. The van der Waals surface area contributed by atoms with Crippen molar-refractivity contribution in [1.29, 1.82) is 0 Å². The summed E-state index contributed by atoms with van der Waals surface area (Å²) in [4.78, 5) is 17.2. The Bertz CT molecular complexity index is 626. The Labute approximate surface area is 126 Å². The van der Waals surface area contributed by atoms with Crippen LogP contribution in [0.15, 0.2) is 52.5 Å². The van der Waals surface area contributed by atoms with Gasteiger partial charge in [-0.1, -0.05) is 23.4 Å². The molecule has 3 rings (SSSR count). The van der Waals surface area contributed by atoms with Crippen LogP contribution in [0.4, 0.5) is 5.69 Å². The lowest BCUT2D eigenvalue weighted by Crippen LogP contribution is -2.14. The summed E-state index contributed by atoms with van der Waals surface area (Å²) in [5.41, 5.74) is 0.768. The van der Waals surface area contributed by atoms with Crippen molar-refractivity contribution < 1.29 is 4.79 Å². The fourth-order valence-electron chi connectivity index (χ4n) is 1.76. The summed E-state index contributed by atoms with van der Waals surface area (Å²) < 4.78 is 0. The van der Waals surface area contributed by atoms with Crippen LogP contribution in [0.1, 0.15) is 12.8 Å². The number of nitrogens with one attached hydrogen (secondary N) is 1. The molecule has 1 aromatic carbocycles. The Balaban J connectivity index is 1.78. The normalized spacial score (nSPS) is 14.1. The number of halogens is 1. The first kappa shape index (κ1) is 13.5. The van der Waals surface area contributed by atoms with Crippen LogP contribution in [0.5, 0.6) is 0 Å². The van der Waals surface area contributed by atoms with Crippen molar-refractivity contribution in [1.82, 2.24) is 4.98 Å². The average Bonchev–Trinajstić information content (AvgIpc) is 3.28. The largest absolute Gasteiger partial charge is 0.324 e. The van der Waals surface area contributed by atoms with Crippen molar-refractivity contribution in [3.63, 3.8) is 0 Å². The van der Waals surface area contributed by atoms with Crippen LogP contribution in [0, 0.1) is 5.92 Å². The van der Waals surface area contributed by atoms with Gasteiger partial charge in [0.05, 0.1) is 5.69 Å². The van der Waals surface area contributed by atoms with E-state index in [0.29, 0.717) is 5.02 Å². The molecule has 5 heteroatoms. The highest BCUT2D eigenvalue weighted by Crippen LogP contribution is 2.34. The van der Waals surface area contributed by atoms with Crippen LogP contribution in [0.3, 0.4) is 0 Å². The van der Waals surface area contributed by atoms with Gasteiger partial charge in [-0.05, 0) is 49.2 Å². The van der Waals surface area contributed by atoms with Crippen molar-refractivity contribution in [3.05, 3.63) is 47.6 Å². The summed E-state index contributed by atoms with van der Waals surface area (Å²) >= 11 is 7.39. The molecule has 0 bridgehead atoms. The molecule has 1 aliphatic rings. The van der Waals surface area contributed by atoms with Crippen LogP contribution < -0.4 is 5.32 Å². The third-order valence-corrected chi connectivity index (χ3v) is 4.28. The van der Waals surface area contributed by atoms with Crippen LogP contribution >= 0.6 is 23.4 Å². The fraction of sp³-hybridized carbons (Fsp3) is 0.200. The van der Waals surface area contributed by atoms with Crippen LogP contribution in [0.2, 0.25) is 5.02 Å². The van der Waals surface area contributed by atoms with Crippen LogP contribution in [-0.2, 0) is 4.79 Å². The molecule has 0 spiro atoms. The summed E-state index contributed by atoms with van der Waals surface area (Å²) in [7, 11) is 0. The number of hydrogen-bond donors (Lipinski definition) is 1. The minimum Gasteiger partial charge on any atom is -0.324 e. The minimum absolute atomic E-state index is 0.0935. The zero-order valence-electron chi connectivity index (χ0n) is 10.7. The van der Waals surface area contributed by atoms with Gasteiger partial charge in [-0.3, -0.25) is 4.79 Å². The van der Waals surface area contributed by atoms with Gasteiger partial charge >= 0.3 is 0 Å². The predicted octanol–water partition coefficient (Wildman–Crippen LogP) is 4.23. The molecule has 0 atom stereocenters. The molecule has 3 nitrogen and oxygen atoms in total. The van der Waals surface area contributed by atoms with Crippen molar-refractivity contribution >= 4 is 35.0 Å². The molecule has 1 N–H and O–H groups in total. The highest BCUT2D eigenvalue weighted by Gasteiger charge is 2.30. The molecule has 1 aliphatic carbocycles. The maximum atomic E-state index is 11.9. The molecular weight excluding hydrogens is 292 g/mol. The van der Waals surface area contributed by atoms with Crippen molar-refractivity contribution in [2.45, 2.75) is 22.8 Å². The highest BCUT2D eigenvalue weighted by atomic mass is 35.5. The number of hydrogen-bond acceptors (Lipinski definition) is 3. The number of aromatic nitrogens is 1. The van der Waals surface area contributed by atoms with Gasteiger partial charge < -0.3 is 5.32 Å². The zero-order valence-corrected chi connectivity index (χ0v) is 12.2. The van der Waals surface area contributed by atoms with E-state index in [2.05, 4.69) is 10.3 Å². The summed E-state index contributed by atoms with van der Waals surface area (Å²) in [6.45, 7) is 0. The molecule has 0 saturated heterocycles. The predicted molar refractivity (Wildman–Crippen MR) is 81.2 cm³/mol. The lowest BCUT2D eigenvalue weighted by atomic mass is 10.3. The number of nitrogens with zero attached hydrogens (tertiary/aromatic N) is 1. The van der Waals surface area contributed by atoms with Gasteiger partial charge in [0.15, 0.2) is 0 Å². The lowest BCUT2D eigenvalue weighted by Gasteiger charge is -2.09. The third-order valence-electron chi connectivity index (χ3n) is 3.01. The molecule has 2 aromatic rings. The van der Waals surface area contributed by atoms with Gasteiger partial charge in [-0.25, -0.2) is 4.98 Å². The minimum atomic E-state index is 0.0935. The molecule has 102 valence electrons. The van der Waals surface area contributed by atoms with E-state index in [0.717, 1.165) is 28.5 Å². The van der Waals surface area contributed by atoms with Crippen molar-refractivity contribution in [3.8, 4) is 0 Å². The SMILES string of the molecule is O=C(Nc1cccnc1Sc1ccc(Cl)cc1)C1CC1. The molecular formula is C15H13ClN2OS. The summed E-state index contributed by atoms with van der Waals surface area (Å²) in [6, 6.07) is 11.3. The van der Waals surface area contributed by atoms with Gasteiger partial charge in [-0.2, -0.15) is 0 Å². The van der Waals surface area contributed by atoms with Crippen LogP contribution in [-0.4, -0.2) is 10.9 Å². The van der Waals surface area contributed by atoms with Crippen LogP contribution in [0.25, 0.3) is 0 Å². The molecule has 1 aromatic heterocycles. The number of amides is 1. The van der Waals surface area contributed by atoms with Gasteiger partial charge in [0, 0.05) is 22.0 Å². The summed E-state index contributed by atoms with van der Waals surface area (Å²) in [5, 5.41) is 4.46. The molecule has 0 radical (unpaired) electrons. The maximum Gasteiger partial charge on any atom is 0.227 e.